The number of ether oxygens (including phenoxy) is 1. The number of hydrogen-bond donors (Lipinski definition) is 2. The Morgan fingerprint density at radius 1 is 1.44 bits per heavy atom. The second kappa shape index (κ2) is 6.21. The van der Waals surface area contributed by atoms with Crippen LogP contribution >= 0.6 is 0 Å². The zero-order chi connectivity index (χ0) is 13.0. The summed E-state index contributed by atoms with van der Waals surface area (Å²) in [6.45, 7) is 5.30. The Bertz CT molecular complexity index is 386. The highest BCUT2D eigenvalue weighted by Gasteiger charge is 2.20. The Morgan fingerprint density at radius 2 is 2.22 bits per heavy atom. The number of hydrogen-bond acceptors (Lipinski definition) is 3. The van der Waals surface area contributed by atoms with Crippen molar-refractivity contribution in [3.63, 3.8) is 0 Å². The first-order chi connectivity index (χ1) is 8.66. The van der Waals surface area contributed by atoms with Gasteiger partial charge >= 0.3 is 0 Å². The van der Waals surface area contributed by atoms with Crippen molar-refractivity contribution in [3.05, 3.63) is 29.3 Å². The summed E-state index contributed by atoms with van der Waals surface area (Å²) in [6, 6.07) is 6.95. The third-order valence-corrected chi connectivity index (χ3v) is 3.23. The molecule has 0 bridgehead atoms. The molecule has 3 nitrogen and oxygen atoms in total. The van der Waals surface area contributed by atoms with E-state index in [0.29, 0.717) is 19.1 Å². The first-order valence-corrected chi connectivity index (χ1v) is 6.79. The van der Waals surface area contributed by atoms with Gasteiger partial charge in [0.15, 0.2) is 0 Å². The van der Waals surface area contributed by atoms with Crippen LogP contribution in [-0.2, 0) is 6.54 Å². The maximum atomic E-state index is 9.26. The van der Waals surface area contributed by atoms with Crippen LogP contribution in [0.1, 0.15) is 37.3 Å². The number of aliphatic hydroxyl groups excluding tert-OH is 1. The molecule has 0 radical (unpaired) electrons. The Balaban J connectivity index is 1.95. The van der Waals surface area contributed by atoms with E-state index in [9.17, 15) is 5.11 Å². The summed E-state index contributed by atoms with van der Waals surface area (Å²) in [4.78, 5) is 0. The summed E-state index contributed by atoms with van der Waals surface area (Å²) in [6.07, 6.45) is 2.96. The first-order valence-electron chi connectivity index (χ1n) is 6.79. The van der Waals surface area contributed by atoms with Gasteiger partial charge in [0.1, 0.15) is 5.75 Å². The Labute approximate surface area is 109 Å². The highest BCUT2D eigenvalue weighted by atomic mass is 16.5. The van der Waals surface area contributed by atoms with Crippen molar-refractivity contribution in [2.45, 2.75) is 51.8 Å². The lowest BCUT2D eigenvalue weighted by molar-refractivity contribution is 0.155. The summed E-state index contributed by atoms with van der Waals surface area (Å²) >= 11 is 0. The molecule has 18 heavy (non-hydrogen) atoms. The fourth-order valence-electron chi connectivity index (χ4n) is 1.93. The van der Waals surface area contributed by atoms with Crippen LogP contribution in [0.3, 0.4) is 0 Å². The molecule has 1 unspecified atom stereocenters. The minimum Gasteiger partial charge on any atom is -0.493 e. The van der Waals surface area contributed by atoms with E-state index in [1.807, 2.05) is 0 Å². The summed E-state index contributed by atoms with van der Waals surface area (Å²) in [5.74, 6) is 0.978. The van der Waals surface area contributed by atoms with Crippen LogP contribution in [0.5, 0.6) is 5.75 Å². The smallest absolute Gasteiger partial charge is 0.126 e. The van der Waals surface area contributed by atoms with E-state index in [1.165, 1.54) is 18.4 Å². The second-order valence-electron chi connectivity index (χ2n) is 5.20. The van der Waals surface area contributed by atoms with Crippen molar-refractivity contribution < 1.29 is 9.84 Å². The largest absolute Gasteiger partial charge is 0.493 e. The van der Waals surface area contributed by atoms with Gasteiger partial charge in [-0.05, 0) is 32.3 Å². The fourth-order valence-corrected chi connectivity index (χ4v) is 1.93. The van der Waals surface area contributed by atoms with E-state index in [-0.39, 0.29) is 6.10 Å². The van der Waals surface area contributed by atoms with Crippen molar-refractivity contribution in [1.82, 2.24) is 5.32 Å². The predicted molar refractivity (Wildman–Crippen MR) is 72.8 cm³/mol. The van der Waals surface area contributed by atoms with Crippen LogP contribution in [0, 0.1) is 6.92 Å². The molecule has 3 heteroatoms. The molecule has 1 atom stereocenters. The van der Waals surface area contributed by atoms with Gasteiger partial charge < -0.3 is 15.2 Å². The lowest BCUT2D eigenvalue weighted by Crippen LogP contribution is -2.17. The second-order valence-corrected chi connectivity index (χ2v) is 5.20. The Morgan fingerprint density at radius 3 is 2.89 bits per heavy atom. The minimum atomic E-state index is -0.304. The van der Waals surface area contributed by atoms with Crippen molar-refractivity contribution in [3.8, 4) is 5.75 Å². The van der Waals surface area contributed by atoms with Crippen molar-refractivity contribution in [2.75, 3.05) is 6.61 Å². The van der Waals surface area contributed by atoms with Gasteiger partial charge in [-0.15, -0.1) is 0 Å². The maximum Gasteiger partial charge on any atom is 0.126 e. The van der Waals surface area contributed by atoms with Gasteiger partial charge in [-0.25, -0.2) is 0 Å². The average molecular weight is 249 g/mol. The molecule has 100 valence electrons. The third kappa shape index (κ3) is 4.00. The van der Waals surface area contributed by atoms with Crippen LogP contribution in [0.2, 0.25) is 0 Å². The quantitative estimate of drug-likeness (QED) is 0.779. The van der Waals surface area contributed by atoms with E-state index in [0.717, 1.165) is 17.9 Å². The molecule has 1 aliphatic carbocycles. The standard InChI is InChI=1S/C15H23NO2/c1-11-4-3-5-13(10-16-14-6-7-14)15(11)18-9-8-12(2)17/h3-5,12,14,16-17H,6-10H2,1-2H3. The summed E-state index contributed by atoms with van der Waals surface area (Å²) < 4.78 is 5.83. The molecule has 0 aromatic heterocycles. The number of benzene rings is 1. The van der Waals surface area contributed by atoms with Gasteiger partial charge in [0.05, 0.1) is 12.7 Å². The molecule has 0 amide bonds. The van der Waals surface area contributed by atoms with E-state index in [4.69, 9.17) is 4.74 Å². The predicted octanol–water partition coefficient (Wildman–Crippen LogP) is 2.40. The summed E-state index contributed by atoms with van der Waals surface area (Å²) in [7, 11) is 0. The zero-order valence-corrected chi connectivity index (χ0v) is 11.3. The van der Waals surface area contributed by atoms with Crippen LogP contribution in [-0.4, -0.2) is 23.9 Å². The van der Waals surface area contributed by atoms with Crippen molar-refractivity contribution in [2.24, 2.45) is 0 Å². The van der Waals surface area contributed by atoms with Gasteiger partial charge in [0.2, 0.25) is 0 Å². The molecular weight excluding hydrogens is 226 g/mol. The minimum absolute atomic E-state index is 0.304. The number of aryl methyl sites for hydroxylation is 1. The molecule has 2 rings (SSSR count). The van der Waals surface area contributed by atoms with Crippen molar-refractivity contribution in [1.29, 1.82) is 0 Å². The lowest BCUT2D eigenvalue weighted by Gasteiger charge is -2.15. The number of aliphatic hydroxyl groups is 1. The fraction of sp³-hybridized carbons (Fsp3) is 0.600. The summed E-state index contributed by atoms with van der Waals surface area (Å²) in [5, 5.41) is 12.8. The SMILES string of the molecule is Cc1cccc(CNC2CC2)c1OCCC(C)O. The Hall–Kier alpha value is -1.06. The zero-order valence-electron chi connectivity index (χ0n) is 11.3. The van der Waals surface area contributed by atoms with E-state index < -0.39 is 0 Å². The number of nitrogens with one attached hydrogen (secondary N) is 1. The van der Waals surface area contributed by atoms with Crippen LogP contribution < -0.4 is 10.1 Å². The van der Waals surface area contributed by atoms with E-state index in [1.54, 1.807) is 6.92 Å². The Kier molecular flexibility index (Phi) is 4.61. The molecule has 0 saturated heterocycles. The molecule has 0 spiro atoms. The molecule has 2 N–H and O–H groups in total. The lowest BCUT2D eigenvalue weighted by atomic mass is 10.1. The monoisotopic (exact) mass is 249 g/mol. The van der Waals surface area contributed by atoms with Gasteiger partial charge in [-0.1, -0.05) is 18.2 Å². The molecular formula is C15H23NO2. The van der Waals surface area contributed by atoms with Crippen LogP contribution in [0.4, 0.5) is 0 Å². The molecule has 1 aromatic carbocycles. The van der Waals surface area contributed by atoms with Crippen LogP contribution in [0.15, 0.2) is 18.2 Å². The normalized spacial score (nSPS) is 16.6. The van der Waals surface area contributed by atoms with Gasteiger partial charge in [-0.3, -0.25) is 0 Å². The summed E-state index contributed by atoms with van der Waals surface area (Å²) in [5.41, 5.74) is 2.38. The average Bonchev–Trinajstić information content (AvgIpc) is 3.12. The highest BCUT2D eigenvalue weighted by molar-refractivity contribution is 5.40. The molecule has 1 fully saturated rings. The molecule has 1 aliphatic rings. The topological polar surface area (TPSA) is 41.5 Å². The van der Waals surface area contributed by atoms with Crippen molar-refractivity contribution >= 4 is 0 Å². The number of para-hydroxylation sites is 1. The van der Waals surface area contributed by atoms with Gasteiger partial charge in [-0.2, -0.15) is 0 Å². The third-order valence-electron chi connectivity index (χ3n) is 3.23. The molecule has 1 aromatic rings. The number of rotatable bonds is 7. The van der Waals surface area contributed by atoms with Crippen LogP contribution in [0.25, 0.3) is 0 Å². The van der Waals surface area contributed by atoms with E-state index >= 15 is 0 Å². The van der Waals surface area contributed by atoms with Gasteiger partial charge in [0.25, 0.3) is 0 Å². The molecule has 0 heterocycles. The maximum absolute atomic E-state index is 9.26. The first kappa shape index (κ1) is 13.4. The molecule has 0 aliphatic heterocycles. The highest BCUT2D eigenvalue weighted by Crippen LogP contribution is 2.25. The van der Waals surface area contributed by atoms with Gasteiger partial charge in [0, 0.05) is 24.6 Å². The molecule has 1 saturated carbocycles. The van der Waals surface area contributed by atoms with E-state index in [2.05, 4.69) is 30.4 Å².